The number of hydrogen-bond donors (Lipinski definition) is 1. The molecular weight excluding hydrogens is 308 g/mol. The second-order valence-corrected chi connectivity index (χ2v) is 6.53. The van der Waals surface area contributed by atoms with Crippen molar-refractivity contribution < 1.29 is 5.11 Å². The van der Waals surface area contributed by atoms with Gasteiger partial charge in [-0.3, -0.25) is 9.80 Å². The first kappa shape index (κ1) is 18.0. The maximum Gasteiger partial charge on any atom is 0.0793 e. The van der Waals surface area contributed by atoms with Crippen molar-refractivity contribution in [1.82, 2.24) is 9.80 Å². The van der Waals surface area contributed by atoms with Crippen LogP contribution in [0.15, 0.2) is 54.6 Å². The normalized spacial score (nSPS) is 12.8. The zero-order valence-corrected chi connectivity index (χ0v) is 14.6. The van der Waals surface area contributed by atoms with Crippen molar-refractivity contribution >= 4 is 11.6 Å². The van der Waals surface area contributed by atoms with Gasteiger partial charge < -0.3 is 5.11 Å². The summed E-state index contributed by atoms with van der Waals surface area (Å²) in [5.74, 6) is 0. The highest BCUT2D eigenvalue weighted by Crippen LogP contribution is 2.16. The van der Waals surface area contributed by atoms with Crippen LogP contribution in [0.5, 0.6) is 0 Å². The molecule has 23 heavy (non-hydrogen) atoms. The molecule has 1 unspecified atom stereocenters. The van der Waals surface area contributed by atoms with Crippen molar-refractivity contribution in [2.24, 2.45) is 0 Å². The lowest BCUT2D eigenvalue weighted by Crippen LogP contribution is -2.37. The van der Waals surface area contributed by atoms with E-state index in [0.717, 1.165) is 23.7 Å². The van der Waals surface area contributed by atoms with E-state index in [1.165, 1.54) is 5.56 Å². The highest BCUT2D eigenvalue weighted by molar-refractivity contribution is 6.31. The molecule has 0 aliphatic carbocycles. The fraction of sp³-hybridized carbons (Fsp3) is 0.368. The summed E-state index contributed by atoms with van der Waals surface area (Å²) in [6.45, 7) is 2.83. The molecule has 1 N–H and O–H groups in total. The van der Waals surface area contributed by atoms with Gasteiger partial charge in [0.2, 0.25) is 0 Å². The van der Waals surface area contributed by atoms with Crippen LogP contribution in [-0.4, -0.2) is 48.2 Å². The average molecular weight is 333 g/mol. The largest absolute Gasteiger partial charge is 0.390 e. The van der Waals surface area contributed by atoms with E-state index in [0.29, 0.717) is 13.1 Å². The van der Waals surface area contributed by atoms with Crippen LogP contribution >= 0.6 is 11.6 Å². The highest BCUT2D eigenvalue weighted by Gasteiger charge is 2.12. The van der Waals surface area contributed by atoms with E-state index in [-0.39, 0.29) is 0 Å². The van der Waals surface area contributed by atoms with E-state index < -0.39 is 6.10 Å². The first-order valence-electron chi connectivity index (χ1n) is 7.87. The first-order chi connectivity index (χ1) is 11.0. The Morgan fingerprint density at radius 1 is 0.870 bits per heavy atom. The van der Waals surface area contributed by atoms with Gasteiger partial charge in [0, 0.05) is 31.2 Å². The summed E-state index contributed by atoms with van der Waals surface area (Å²) < 4.78 is 0. The van der Waals surface area contributed by atoms with Crippen molar-refractivity contribution in [3.63, 3.8) is 0 Å². The molecule has 0 heterocycles. The zero-order chi connectivity index (χ0) is 16.7. The average Bonchev–Trinajstić information content (AvgIpc) is 2.50. The smallest absolute Gasteiger partial charge is 0.0793 e. The molecule has 0 spiro atoms. The molecule has 0 saturated carbocycles. The predicted molar refractivity (Wildman–Crippen MR) is 96.6 cm³/mol. The van der Waals surface area contributed by atoms with Gasteiger partial charge in [0.15, 0.2) is 0 Å². The molecule has 2 aromatic rings. The second kappa shape index (κ2) is 9.04. The maximum atomic E-state index is 10.3. The zero-order valence-electron chi connectivity index (χ0n) is 13.8. The van der Waals surface area contributed by atoms with Gasteiger partial charge in [-0.1, -0.05) is 60.1 Å². The minimum absolute atomic E-state index is 0.392. The molecule has 1 atom stereocenters. The molecule has 0 bridgehead atoms. The molecule has 0 saturated heterocycles. The third kappa shape index (κ3) is 6.32. The molecule has 124 valence electrons. The molecule has 2 rings (SSSR count). The Bertz CT molecular complexity index is 591. The number of halogens is 1. The number of benzene rings is 2. The van der Waals surface area contributed by atoms with Crippen molar-refractivity contribution in [2.75, 3.05) is 27.2 Å². The van der Waals surface area contributed by atoms with E-state index in [1.807, 2.05) is 56.6 Å². The SMILES string of the molecule is CN(Cc1ccccc1)CC(O)CN(C)Cc1ccccc1Cl. The lowest BCUT2D eigenvalue weighted by Gasteiger charge is -2.25. The molecule has 0 fully saturated rings. The minimum atomic E-state index is -0.392. The molecule has 4 heteroatoms. The Balaban J connectivity index is 1.77. The minimum Gasteiger partial charge on any atom is -0.390 e. The van der Waals surface area contributed by atoms with E-state index in [9.17, 15) is 5.11 Å². The van der Waals surface area contributed by atoms with Crippen molar-refractivity contribution in [3.05, 3.63) is 70.7 Å². The van der Waals surface area contributed by atoms with Crippen LogP contribution in [0, 0.1) is 0 Å². The maximum absolute atomic E-state index is 10.3. The van der Waals surface area contributed by atoms with Gasteiger partial charge >= 0.3 is 0 Å². The summed E-state index contributed by atoms with van der Waals surface area (Å²) >= 11 is 6.18. The predicted octanol–water partition coefficient (Wildman–Crippen LogP) is 3.26. The van der Waals surface area contributed by atoms with Gasteiger partial charge in [-0.05, 0) is 31.3 Å². The topological polar surface area (TPSA) is 26.7 Å². The summed E-state index contributed by atoms with van der Waals surface area (Å²) in [6, 6.07) is 18.1. The molecule has 2 aromatic carbocycles. The number of nitrogens with zero attached hydrogens (tertiary/aromatic N) is 2. The molecule has 0 aliphatic rings. The molecule has 0 aliphatic heterocycles. The lowest BCUT2D eigenvalue weighted by molar-refractivity contribution is 0.0868. The van der Waals surface area contributed by atoms with Gasteiger partial charge in [0.25, 0.3) is 0 Å². The third-order valence-corrected chi connectivity index (χ3v) is 4.11. The van der Waals surface area contributed by atoms with Crippen LogP contribution < -0.4 is 0 Å². The molecule has 3 nitrogen and oxygen atoms in total. The monoisotopic (exact) mass is 332 g/mol. The van der Waals surface area contributed by atoms with Crippen LogP contribution in [0.1, 0.15) is 11.1 Å². The Morgan fingerprint density at radius 3 is 2.09 bits per heavy atom. The second-order valence-electron chi connectivity index (χ2n) is 6.12. The molecular formula is C19H25ClN2O. The fourth-order valence-electron chi connectivity index (χ4n) is 2.72. The summed E-state index contributed by atoms with van der Waals surface area (Å²) in [7, 11) is 4.04. The van der Waals surface area contributed by atoms with Crippen molar-refractivity contribution in [3.8, 4) is 0 Å². The van der Waals surface area contributed by atoms with Crippen molar-refractivity contribution in [1.29, 1.82) is 0 Å². The number of likely N-dealkylation sites (N-methyl/N-ethyl adjacent to an activating group) is 2. The highest BCUT2D eigenvalue weighted by atomic mass is 35.5. The van der Waals surface area contributed by atoms with Crippen LogP contribution in [-0.2, 0) is 13.1 Å². The number of aliphatic hydroxyl groups excluding tert-OH is 1. The van der Waals surface area contributed by atoms with Gasteiger partial charge in [-0.25, -0.2) is 0 Å². The Morgan fingerprint density at radius 2 is 1.43 bits per heavy atom. The fourth-order valence-corrected chi connectivity index (χ4v) is 2.91. The standard InChI is InChI=1S/C19H25ClN2O/c1-21(12-16-8-4-3-5-9-16)14-18(23)15-22(2)13-17-10-6-7-11-19(17)20/h3-11,18,23H,12-15H2,1-2H3. The van der Waals surface area contributed by atoms with E-state index in [1.54, 1.807) is 0 Å². The van der Waals surface area contributed by atoms with E-state index in [4.69, 9.17) is 11.6 Å². The van der Waals surface area contributed by atoms with E-state index in [2.05, 4.69) is 21.9 Å². The molecule has 0 aromatic heterocycles. The van der Waals surface area contributed by atoms with Gasteiger partial charge in [0.05, 0.1) is 6.10 Å². The molecule has 0 radical (unpaired) electrons. The van der Waals surface area contributed by atoms with Gasteiger partial charge in [0.1, 0.15) is 0 Å². The van der Waals surface area contributed by atoms with Gasteiger partial charge in [-0.2, -0.15) is 0 Å². The lowest BCUT2D eigenvalue weighted by atomic mass is 10.2. The summed E-state index contributed by atoms with van der Waals surface area (Å²) in [5, 5.41) is 11.1. The Hall–Kier alpha value is -1.39. The van der Waals surface area contributed by atoms with Crippen LogP contribution in [0.2, 0.25) is 5.02 Å². The number of rotatable bonds is 8. The van der Waals surface area contributed by atoms with Crippen LogP contribution in [0.3, 0.4) is 0 Å². The first-order valence-corrected chi connectivity index (χ1v) is 8.25. The van der Waals surface area contributed by atoms with Crippen molar-refractivity contribution in [2.45, 2.75) is 19.2 Å². The van der Waals surface area contributed by atoms with Crippen LogP contribution in [0.4, 0.5) is 0 Å². The third-order valence-electron chi connectivity index (χ3n) is 3.74. The Kier molecular flexibility index (Phi) is 7.06. The number of aliphatic hydroxyl groups is 1. The van der Waals surface area contributed by atoms with Crippen LogP contribution in [0.25, 0.3) is 0 Å². The summed E-state index contributed by atoms with van der Waals surface area (Å²) in [6.07, 6.45) is -0.392. The Labute approximate surface area is 144 Å². The number of hydrogen-bond acceptors (Lipinski definition) is 3. The summed E-state index contributed by atoms with van der Waals surface area (Å²) in [5.41, 5.74) is 2.34. The summed E-state index contributed by atoms with van der Waals surface area (Å²) in [4.78, 5) is 4.24. The van der Waals surface area contributed by atoms with Gasteiger partial charge in [-0.15, -0.1) is 0 Å². The van der Waals surface area contributed by atoms with E-state index >= 15 is 0 Å². The quantitative estimate of drug-likeness (QED) is 0.803. The molecule has 0 amide bonds.